The van der Waals surface area contributed by atoms with E-state index in [4.69, 9.17) is 28.2 Å². The maximum absolute atomic E-state index is 13.9. The van der Waals surface area contributed by atoms with Crippen LogP contribution >= 0.6 is 34.5 Å². The van der Waals surface area contributed by atoms with E-state index in [9.17, 15) is 4.79 Å². The largest absolute Gasteiger partial charge is 0.272 e. The van der Waals surface area contributed by atoms with Gasteiger partial charge in [-0.2, -0.15) is 0 Å². The Morgan fingerprint density at radius 2 is 1.81 bits per heavy atom. The summed E-state index contributed by atoms with van der Waals surface area (Å²) in [5.41, 5.74) is 7.60. The van der Waals surface area contributed by atoms with Gasteiger partial charge in [0.15, 0.2) is 4.80 Å². The second kappa shape index (κ2) is 9.19. The van der Waals surface area contributed by atoms with Crippen LogP contribution in [0.2, 0.25) is 10.0 Å². The minimum absolute atomic E-state index is 0.0480. The SMILES string of the molecule is CC(C)c1ccc(C=c2sc3n(c2=O)C(c2ccc(Cl)cc2Cl)C2=C(N=3)c3ccccc3CC2)cc1. The third-order valence-corrected chi connectivity index (χ3v) is 8.58. The number of hydrogen-bond acceptors (Lipinski definition) is 3. The summed E-state index contributed by atoms with van der Waals surface area (Å²) in [6, 6.07) is 22.0. The van der Waals surface area contributed by atoms with Crippen molar-refractivity contribution in [2.24, 2.45) is 4.99 Å². The highest BCUT2D eigenvalue weighted by molar-refractivity contribution is 7.07. The van der Waals surface area contributed by atoms with Gasteiger partial charge in [-0.25, -0.2) is 4.99 Å². The summed E-state index contributed by atoms with van der Waals surface area (Å²) in [6.07, 6.45) is 3.68. The Kier molecular flexibility index (Phi) is 5.99. The van der Waals surface area contributed by atoms with E-state index in [2.05, 4.69) is 56.3 Å². The van der Waals surface area contributed by atoms with Crippen LogP contribution in [-0.2, 0) is 6.42 Å². The monoisotopic (exact) mass is 530 g/mol. The zero-order chi connectivity index (χ0) is 25.0. The first-order chi connectivity index (χ1) is 17.4. The zero-order valence-electron chi connectivity index (χ0n) is 20.0. The maximum Gasteiger partial charge on any atom is 0.271 e. The average molecular weight is 532 g/mol. The lowest BCUT2D eigenvalue weighted by molar-refractivity contribution is 0.585. The fourth-order valence-electron chi connectivity index (χ4n) is 5.15. The van der Waals surface area contributed by atoms with Gasteiger partial charge in [-0.05, 0) is 64.8 Å². The molecular formula is C30H24Cl2N2OS. The van der Waals surface area contributed by atoms with Gasteiger partial charge in [0.05, 0.1) is 16.3 Å². The molecule has 0 fully saturated rings. The molecule has 1 unspecified atom stereocenters. The molecule has 0 spiro atoms. The number of hydrogen-bond donors (Lipinski definition) is 0. The van der Waals surface area contributed by atoms with Crippen LogP contribution < -0.4 is 14.9 Å². The summed E-state index contributed by atoms with van der Waals surface area (Å²) in [4.78, 5) is 19.6. The third kappa shape index (κ3) is 3.98. The first-order valence-electron chi connectivity index (χ1n) is 12.1. The minimum Gasteiger partial charge on any atom is -0.272 e. The molecule has 6 heteroatoms. The van der Waals surface area contributed by atoms with E-state index in [1.165, 1.54) is 22.5 Å². The van der Waals surface area contributed by atoms with E-state index in [0.29, 0.717) is 25.3 Å². The lowest BCUT2D eigenvalue weighted by Gasteiger charge is -2.31. The molecule has 3 aromatic carbocycles. The molecule has 36 heavy (non-hydrogen) atoms. The molecule has 0 saturated heterocycles. The Hall–Kier alpha value is -2.92. The van der Waals surface area contributed by atoms with Crippen LogP contribution in [0.15, 0.2) is 82.1 Å². The standard InChI is InChI=1S/C30H24Cl2N2OS/c1-17(2)19-9-7-18(8-10-19)15-26-29(35)34-28(23-14-12-21(31)16-25(23)32)24-13-11-20-5-3-4-6-22(20)27(24)33-30(34)36-26/h3-10,12,14-17,28H,11,13H2,1-2H3. The normalized spacial score (nSPS) is 17.0. The molecule has 4 aromatic rings. The van der Waals surface area contributed by atoms with Crippen LogP contribution in [0.25, 0.3) is 11.8 Å². The van der Waals surface area contributed by atoms with Crippen molar-refractivity contribution >= 4 is 46.3 Å². The lowest BCUT2D eigenvalue weighted by atomic mass is 9.83. The quantitative estimate of drug-likeness (QED) is 0.288. The van der Waals surface area contributed by atoms with Crippen LogP contribution in [0.1, 0.15) is 60.0 Å². The molecule has 3 nitrogen and oxygen atoms in total. The van der Waals surface area contributed by atoms with Gasteiger partial charge < -0.3 is 0 Å². The number of fused-ring (bicyclic) bond motifs is 3. The second-order valence-electron chi connectivity index (χ2n) is 9.60. The van der Waals surface area contributed by atoms with Crippen LogP contribution in [-0.4, -0.2) is 4.57 Å². The Morgan fingerprint density at radius 3 is 2.56 bits per heavy atom. The molecule has 0 N–H and O–H groups in total. The average Bonchev–Trinajstić information content (AvgIpc) is 3.18. The van der Waals surface area contributed by atoms with Crippen molar-refractivity contribution in [1.82, 2.24) is 4.57 Å². The van der Waals surface area contributed by atoms with E-state index in [-0.39, 0.29) is 11.6 Å². The number of aryl methyl sites for hydroxylation is 1. The highest BCUT2D eigenvalue weighted by atomic mass is 35.5. The number of thiazole rings is 1. The first kappa shape index (κ1) is 23.5. The smallest absolute Gasteiger partial charge is 0.271 e. The molecule has 1 atom stereocenters. The Bertz CT molecular complexity index is 1710. The van der Waals surface area contributed by atoms with Gasteiger partial charge in [-0.3, -0.25) is 9.36 Å². The molecule has 2 heterocycles. The highest BCUT2D eigenvalue weighted by Crippen LogP contribution is 2.43. The number of halogens is 2. The van der Waals surface area contributed by atoms with Crippen molar-refractivity contribution in [3.63, 3.8) is 0 Å². The maximum atomic E-state index is 13.9. The fraction of sp³-hybridized carbons (Fsp3) is 0.200. The summed E-state index contributed by atoms with van der Waals surface area (Å²) in [5, 5.41) is 1.13. The molecular weight excluding hydrogens is 507 g/mol. The molecule has 0 radical (unpaired) electrons. The van der Waals surface area contributed by atoms with Crippen molar-refractivity contribution < 1.29 is 0 Å². The predicted molar refractivity (Wildman–Crippen MR) is 150 cm³/mol. The number of benzene rings is 3. The molecule has 1 aliphatic carbocycles. The van der Waals surface area contributed by atoms with Crippen molar-refractivity contribution in [2.75, 3.05) is 0 Å². The van der Waals surface area contributed by atoms with Gasteiger partial charge in [0, 0.05) is 15.6 Å². The van der Waals surface area contributed by atoms with Crippen LogP contribution in [0.3, 0.4) is 0 Å². The summed E-state index contributed by atoms with van der Waals surface area (Å²) in [7, 11) is 0. The molecule has 1 aromatic heterocycles. The van der Waals surface area contributed by atoms with Gasteiger partial charge in [-0.15, -0.1) is 0 Å². The Morgan fingerprint density at radius 1 is 1.03 bits per heavy atom. The van der Waals surface area contributed by atoms with Crippen molar-refractivity contribution in [1.29, 1.82) is 0 Å². The molecule has 180 valence electrons. The first-order valence-corrected chi connectivity index (χ1v) is 13.7. The lowest BCUT2D eigenvalue weighted by Crippen LogP contribution is -2.38. The fourth-order valence-corrected chi connectivity index (χ4v) is 6.66. The summed E-state index contributed by atoms with van der Waals surface area (Å²) < 4.78 is 2.48. The third-order valence-electron chi connectivity index (χ3n) is 7.03. The molecule has 1 aliphatic heterocycles. The summed E-state index contributed by atoms with van der Waals surface area (Å²) >= 11 is 14.4. The number of allylic oxidation sites excluding steroid dienone is 1. The van der Waals surface area contributed by atoms with Gasteiger partial charge in [0.2, 0.25) is 0 Å². The van der Waals surface area contributed by atoms with Crippen molar-refractivity contribution in [3.8, 4) is 0 Å². The molecule has 0 bridgehead atoms. The van der Waals surface area contributed by atoms with Gasteiger partial charge >= 0.3 is 0 Å². The van der Waals surface area contributed by atoms with Crippen molar-refractivity contribution in [2.45, 2.75) is 38.6 Å². The minimum atomic E-state index is -0.320. The number of nitrogens with zero attached hydrogens (tertiary/aromatic N) is 2. The van der Waals surface area contributed by atoms with Crippen LogP contribution in [0.4, 0.5) is 0 Å². The number of rotatable bonds is 3. The zero-order valence-corrected chi connectivity index (χ0v) is 22.3. The van der Waals surface area contributed by atoms with Crippen LogP contribution in [0.5, 0.6) is 0 Å². The highest BCUT2D eigenvalue weighted by Gasteiger charge is 2.33. The van der Waals surface area contributed by atoms with E-state index >= 15 is 0 Å². The number of aromatic nitrogens is 1. The summed E-state index contributed by atoms with van der Waals surface area (Å²) in [5.74, 6) is 0.461. The van der Waals surface area contributed by atoms with E-state index in [1.54, 1.807) is 6.07 Å². The van der Waals surface area contributed by atoms with Gasteiger partial charge in [0.25, 0.3) is 5.56 Å². The Labute approximate surface area is 223 Å². The van der Waals surface area contributed by atoms with Gasteiger partial charge in [-0.1, -0.05) is 103 Å². The van der Waals surface area contributed by atoms with E-state index < -0.39 is 0 Å². The molecule has 0 amide bonds. The topological polar surface area (TPSA) is 34.4 Å². The summed E-state index contributed by atoms with van der Waals surface area (Å²) in [6.45, 7) is 4.35. The van der Waals surface area contributed by atoms with Gasteiger partial charge in [0.1, 0.15) is 0 Å². The molecule has 6 rings (SSSR count). The van der Waals surface area contributed by atoms with E-state index in [0.717, 1.165) is 40.8 Å². The molecule has 0 saturated carbocycles. The predicted octanol–water partition coefficient (Wildman–Crippen LogP) is 6.75. The Balaban J connectivity index is 1.59. The van der Waals surface area contributed by atoms with E-state index in [1.807, 2.05) is 28.8 Å². The van der Waals surface area contributed by atoms with Crippen LogP contribution in [0, 0.1) is 0 Å². The molecule has 2 aliphatic rings. The second-order valence-corrected chi connectivity index (χ2v) is 11.5. The van der Waals surface area contributed by atoms with Crippen molar-refractivity contribution in [3.05, 3.63) is 130 Å².